The van der Waals surface area contributed by atoms with Crippen molar-refractivity contribution in [3.63, 3.8) is 0 Å². The summed E-state index contributed by atoms with van der Waals surface area (Å²) in [6, 6.07) is 7.95. The molecule has 1 aromatic carbocycles. The van der Waals surface area contributed by atoms with Gasteiger partial charge in [0.1, 0.15) is 5.75 Å². The van der Waals surface area contributed by atoms with E-state index in [-0.39, 0.29) is 12.0 Å². The fourth-order valence-corrected chi connectivity index (χ4v) is 3.53. The molecule has 5 heteroatoms. The van der Waals surface area contributed by atoms with Crippen molar-refractivity contribution in [2.75, 3.05) is 32.5 Å². The van der Waals surface area contributed by atoms with E-state index >= 15 is 0 Å². The summed E-state index contributed by atoms with van der Waals surface area (Å²) in [5.41, 5.74) is 2.39. The molecule has 0 unspecified atom stereocenters. The highest BCUT2D eigenvalue weighted by molar-refractivity contribution is 7.98. The summed E-state index contributed by atoms with van der Waals surface area (Å²) in [7, 11) is 1.67. The molecule has 3 atom stereocenters. The third-order valence-corrected chi connectivity index (χ3v) is 5.43. The van der Waals surface area contributed by atoms with Crippen LogP contribution in [0.2, 0.25) is 0 Å². The smallest absolute Gasteiger partial charge is 0.118 e. The average Bonchev–Trinajstić information content (AvgIpc) is 2.73. The summed E-state index contributed by atoms with van der Waals surface area (Å²) < 4.78 is 16.5. The first-order valence-electron chi connectivity index (χ1n) is 10.7. The Morgan fingerprint density at radius 2 is 1.93 bits per heavy atom. The quantitative estimate of drug-likeness (QED) is 0.188. The van der Waals surface area contributed by atoms with Gasteiger partial charge in [0.25, 0.3) is 0 Å². The number of aliphatic hydroxyl groups excluding tert-OH is 1. The summed E-state index contributed by atoms with van der Waals surface area (Å²) in [4.78, 5) is 0. The van der Waals surface area contributed by atoms with Crippen LogP contribution in [0.3, 0.4) is 0 Å². The van der Waals surface area contributed by atoms with Crippen LogP contribution in [0.5, 0.6) is 5.75 Å². The number of methoxy groups -OCH3 is 1. The number of benzene rings is 1. The number of rotatable bonds is 17. The Hall–Kier alpha value is -1.27. The van der Waals surface area contributed by atoms with Gasteiger partial charge in [-0.05, 0) is 62.5 Å². The van der Waals surface area contributed by atoms with Gasteiger partial charge in [-0.1, -0.05) is 36.8 Å². The standard InChI is InChI=1S/C25H40O4S/c1-6-22(17-29-19-30-5)15-24(26)14-20(2)8-7-9-21(3)16-28-18-23-10-12-25(27-4)13-11-23/h6,9-13,20,22,24,26H,1,7-8,14-19H2,2-5H3/b21-9+/t20-,22+,24-/m1/s1. The third kappa shape index (κ3) is 12.4. The van der Waals surface area contributed by atoms with Gasteiger partial charge in [-0.25, -0.2) is 0 Å². The van der Waals surface area contributed by atoms with Crippen LogP contribution < -0.4 is 4.74 Å². The van der Waals surface area contributed by atoms with Crippen LogP contribution in [-0.4, -0.2) is 43.7 Å². The van der Waals surface area contributed by atoms with E-state index in [0.717, 1.165) is 37.0 Å². The second-order valence-electron chi connectivity index (χ2n) is 7.97. The van der Waals surface area contributed by atoms with Crippen molar-refractivity contribution in [2.24, 2.45) is 11.8 Å². The molecule has 4 nitrogen and oxygen atoms in total. The van der Waals surface area contributed by atoms with Crippen molar-refractivity contribution < 1.29 is 19.3 Å². The van der Waals surface area contributed by atoms with Crippen LogP contribution in [-0.2, 0) is 16.1 Å². The van der Waals surface area contributed by atoms with Gasteiger partial charge in [0, 0.05) is 5.92 Å². The summed E-state index contributed by atoms with van der Waals surface area (Å²) in [5.74, 6) is 2.23. The van der Waals surface area contributed by atoms with Crippen molar-refractivity contribution in [1.29, 1.82) is 0 Å². The van der Waals surface area contributed by atoms with Crippen molar-refractivity contribution in [3.05, 3.63) is 54.1 Å². The number of aliphatic hydroxyl groups is 1. The highest BCUT2D eigenvalue weighted by atomic mass is 32.2. The summed E-state index contributed by atoms with van der Waals surface area (Å²) in [6.45, 7) is 10.1. The Balaban J connectivity index is 2.21. The van der Waals surface area contributed by atoms with Crippen molar-refractivity contribution in [2.45, 2.75) is 52.2 Å². The van der Waals surface area contributed by atoms with E-state index in [1.807, 2.05) is 36.6 Å². The van der Waals surface area contributed by atoms with Gasteiger partial charge in [-0.3, -0.25) is 0 Å². The molecule has 0 radical (unpaired) electrons. The molecule has 0 bridgehead atoms. The minimum atomic E-state index is -0.307. The van der Waals surface area contributed by atoms with Crippen LogP contribution in [0.1, 0.15) is 45.1 Å². The second-order valence-corrected chi connectivity index (χ2v) is 8.79. The molecule has 0 saturated heterocycles. The molecule has 0 aliphatic heterocycles. The summed E-state index contributed by atoms with van der Waals surface area (Å²) >= 11 is 1.66. The predicted molar refractivity (Wildman–Crippen MR) is 128 cm³/mol. The number of hydrogen-bond acceptors (Lipinski definition) is 5. The molecule has 0 heterocycles. The fraction of sp³-hybridized carbons (Fsp3) is 0.600. The van der Waals surface area contributed by atoms with E-state index < -0.39 is 0 Å². The van der Waals surface area contributed by atoms with E-state index in [9.17, 15) is 5.11 Å². The van der Waals surface area contributed by atoms with Gasteiger partial charge in [0.2, 0.25) is 0 Å². The van der Waals surface area contributed by atoms with E-state index in [2.05, 4.69) is 26.5 Å². The summed E-state index contributed by atoms with van der Waals surface area (Å²) in [5, 5.41) is 10.4. The Morgan fingerprint density at radius 1 is 1.20 bits per heavy atom. The molecule has 0 spiro atoms. The molecule has 1 aromatic rings. The SMILES string of the molecule is C=C[C@H](COCSC)C[C@H](O)C[C@H](C)CC/C=C(\C)COCc1ccc(OC)cc1. The monoisotopic (exact) mass is 436 g/mol. The molecular weight excluding hydrogens is 396 g/mol. The van der Waals surface area contributed by atoms with Crippen LogP contribution in [0.25, 0.3) is 0 Å². The molecule has 0 aromatic heterocycles. The zero-order chi connectivity index (χ0) is 22.2. The Kier molecular flexibility index (Phi) is 14.7. The summed E-state index contributed by atoms with van der Waals surface area (Å²) in [6.07, 6.45) is 9.46. The van der Waals surface area contributed by atoms with Gasteiger partial charge < -0.3 is 19.3 Å². The maximum absolute atomic E-state index is 10.4. The molecule has 170 valence electrons. The normalized spacial score (nSPS) is 14.9. The second kappa shape index (κ2) is 16.4. The molecule has 1 rings (SSSR count). The Labute approximate surface area is 187 Å². The Bertz CT molecular complexity index is 600. The van der Waals surface area contributed by atoms with E-state index in [1.165, 1.54) is 5.57 Å². The Morgan fingerprint density at radius 3 is 2.57 bits per heavy atom. The maximum Gasteiger partial charge on any atom is 0.118 e. The first-order valence-corrected chi connectivity index (χ1v) is 12.1. The molecule has 0 aliphatic rings. The molecular formula is C25H40O4S. The number of allylic oxidation sites excluding steroid dienone is 1. The number of thioether (sulfide) groups is 1. The van der Waals surface area contributed by atoms with Gasteiger partial charge in [0.15, 0.2) is 0 Å². The van der Waals surface area contributed by atoms with Gasteiger partial charge in [-0.15, -0.1) is 18.3 Å². The molecule has 0 saturated carbocycles. The van der Waals surface area contributed by atoms with E-state index in [0.29, 0.717) is 31.7 Å². The molecule has 1 N–H and O–H groups in total. The topological polar surface area (TPSA) is 47.9 Å². The highest BCUT2D eigenvalue weighted by Crippen LogP contribution is 2.19. The first-order chi connectivity index (χ1) is 14.5. The average molecular weight is 437 g/mol. The largest absolute Gasteiger partial charge is 0.497 e. The lowest BCUT2D eigenvalue weighted by atomic mass is 9.92. The minimum absolute atomic E-state index is 0.212. The van der Waals surface area contributed by atoms with Gasteiger partial charge >= 0.3 is 0 Å². The van der Waals surface area contributed by atoms with Crippen LogP contribution in [0, 0.1) is 11.8 Å². The van der Waals surface area contributed by atoms with Crippen LogP contribution in [0.15, 0.2) is 48.6 Å². The minimum Gasteiger partial charge on any atom is -0.497 e. The highest BCUT2D eigenvalue weighted by Gasteiger charge is 2.15. The number of hydrogen-bond donors (Lipinski definition) is 1. The lowest BCUT2D eigenvalue weighted by molar-refractivity contribution is 0.0906. The first kappa shape index (κ1) is 26.8. The number of ether oxygens (including phenoxy) is 3. The lowest BCUT2D eigenvalue weighted by Crippen LogP contribution is -2.18. The van der Waals surface area contributed by atoms with Crippen molar-refractivity contribution >= 4 is 11.8 Å². The molecule has 0 amide bonds. The predicted octanol–water partition coefficient (Wildman–Crippen LogP) is 5.85. The zero-order valence-electron chi connectivity index (χ0n) is 19.1. The third-order valence-electron chi connectivity index (χ3n) is 5.03. The molecule has 0 fully saturated rings. The molecule has 30 heavy (non-hydrogen) atoms. The van der Waals surface area contributed by atoms with Gasteiger partial charge in [-0.2, -0.15) is 0 Å². The zero-order valence-corrected chi connectivity index (χ0v) is 20.0. The molecule has 0 aliphatic carbocycles. The van der Waals surface area contributed by atoms with Crippen LogP contribution in [0.4, 0.5) is 0 Å². The van der Waals surface area contributed by atoms with E-state index in [1.54, 1.807) is 18.9 Å². The van der Waals surface area contributed by atoms with Crippen LogP contribution >= 0.6 is 11.8 Å². The van der Waals surface area contributed by atoms with Crippen molar-refractivity contribution in [1.82, 2.24) is 0 Å². The lowest BCUT2D eigenvalue weighted by Gasteiger charge is -2.20. The van der Waals surface area contributed by atoms with E-state index in [4.69, 9.17) is 14.2 Å². The van der Waals surface area contributed by atoms with Gasteiger partial charge in [0.05, 0.1) is 39.0 Å². The maximum atomic E-state index is 10.4. The fourth-order valence-electron chi connectivity index (χ4n) is 3.27. The van der Waals surface area contributed by atoms with Crippen molar-refractivity contribution in [3.8, 4) is 5.75 Å².